The molecule has 6 heteroatoms. The average molecular weight is 458 g/mol. The monoisotopic (exact) mass is 457 g/mol. The van der Waals surface area contributed by atoms with Gasteiger partial charge in [0.2, 0.25) is 11.9 Å². The molecule has 1 unspecified atom stereocenters. The Morgan fingerprint density at radius 1 is 0.971 bits per heavy atom. The van der Waals surface area contributed by atoms with Crippen LogP contribution in [-0.4, -0.2) is 42.6 Å². The smallest absolute Gasteiger partial charge is 0.227 e. The Morgan fingerprint density at radius 2 is 1.65 bits per heavy atom. The summed E-state index contributed by atoms with van der Waals surface area (Å²) in [6, 6.07) is 22.7. The van der Waals surface area contributed by atoms with Gasteiger partial charge in [-0.15, -0.1) is 0 Å². The lowest BCUT2D eigenvalue weighted by molar-refractivity contribution is -0.122. The molecule has 3 aromatic rings. The molecule has 1 atom stereocenters. The Kier molecular flexibility index (Phi) is 8.12. The summed E-state index contributed by atoms with van der Waals surface area (Å²) in [5, 5.41) is 6.76. The third-order valence-corrected chi connectivity index (χ3v) is 6.65. The third kappa shape index (κ3) is 6.56. The first kappa shape index (κ1) is 23.7. The first-order valence-electron chi connectivity index (χ1n) is 12.2. The predicted molar refractivity (Wildman–Crippen MR) is 138 cm³/mol. The van der Waals surface area contributed by atoms with E-state index in [9.17, 15) is 4.79 Å². The predicted octanol–water partition coefficient (Wildman–Crippen LogP) is 4.66. The van der Waals surface area contributed by atoms with Crippen LogP contribution in [0.25, 0.3) is 0 Å². The maximum atomic E-state index is 13.2. The molecule has 0 radical (unpaired) electrons. The van der Waals surface area contributed by atoms with E-state index in [-0.39, 0.29) is 11.8 Å². The van der Waals surface area contributed by atoms with Gasteiger partial charge in [-0.25, -0.2) is 4.98 Å². The Bertz CT molecular complexity index is 1030. The normalized spacial score (nSPS) is 18.6. The highest BCUT2D eigenvalue weighted by Gasteiger charge is 2.25. The number of carbonyl (C=O) groups is 1. The number of rotatable bonds is 9. The molecule has 1 amide bonds. The van der Waals surface area contributed by atoms with Gasteiger partial charge in [0, 0.05) is 32.9 Å². The molecule has 2 N–H and O–H groups in total. The summed E-state index contributed by atoms with van der Waals surface area (Å²) in [6.45, 7) is 0.732. The molecule has 2 aromatic carbocycles. The molecule has 1 aliphatic carbocycles. The number of hydrogen-bond acceptors (Lipinski definition) is 5. The Balaban J connectivity index is 1.29. The van der Waals surface area contributed by atoms with Crippen molar-refractivity contribution in [3.8, 4) is 0 Å². The largest absolute Gasteiger partial charge is 0.363 e. The molecular weight excluding hydrogens is 422 g/mol. The summed E-state index contributed by atoms with van der Waals surface area (Å²) in [5.74, 6) is 2.03. The fraction of sp³-hybridized carbons (Fsp3) is 0.393. The summed E-state index contributed by atoms with van der Waals surface area (Å²) in [6.07, 6.45) is 6.79. The molecular formula is C28H35N5O. The zero-order chi connectivity index (χ0) is 23.8. The number of benzene rings is 2. The first-order chi connectivity index (χ1) is 16.6. The van der Waals surface area contributed by atoms with Crippen LogP contribution in [0.4, 0.5) is 11.8 Å². The molecule has 1 aromatic heterocycles. The summed E-state index contributed by atoms with van der Waals surface area (Å²) in [7, 11) is 3.96. The highest BCUT2D eigenvalue weighted by Crippen LogP contribution is 2.27. The fourth-order valence-corrected chi connectivity index (χ4v) is 4.63. The van der Waals surface area contributed by atoms with E-state index >= 15 is 0 Å². The van der Waals surface area contributed by atoms with Crippen molar-refractivity contribution in [2.45, 2.75) is 44.1 Å². The van der Waals surface area contributed by atoms with Crippen molar-refractivity contribution < 1.29 is 4.79 Å². The number of carbonyl (C=O) groups excluding carboxylic acids is 1. The molecule has 1 fully saturated rings. The van der Waals surface area contributed by atoms with E-state index in [1.165, 1.54) is 5.56 Å². The number of amides is 1. The second-order valence-electron chi connectivity index (χ2n) is 9.39. The zero-order valence-corrected chi connectivity index (χ0v) is 20.2. The van der Waals surface area contributed by atoms with E-state index in [2.05, 4.69) is 44.9 Å². The van der Waals surface area contributed by atoms with Crippen LogP contribution < -0.4 is 15.5 Å². The highest BCUT2D eigenvalue weighted by atomic mass is 16.1. The van der Waals surface area contributed by atoms with Gasteiger partial charge < -0.3 is 15.5 Å². The van der Waals surface area contributed by atoms with Crippen LogP contribution in [0.15, 0.2) is 72.9 Å². The molecule has 4 rings (SSSR count). The Morgan fingerprint density at radius 3 is 2.32 bits per heavy atom. The molecule has 0 saturated heterocycles. The molecule has 34 heavy (non-hydrogen) atoms. The van der Waals surface area contributed by atoms with E-state index in [0.29, 0.717) is 24.3 Å². The zero-order valence-electron chi connectivity index (χ0n) is 20.2. The van der Waals surface area contributed by atoms with Gasteiger partial charge in [0.15, 0.2) is 0 Å². The van der Waals surface area contributed by atoms with Gasteiger partial charge in [0.25, 0.3) is 0 Å². The third-order valence-electron chi connectivity index (χ3n) is 6.65. The molecule has 0 bridgehead atoms. The first-order valence-corrected chi connectivity index (χ1v) is 12.2. The Hall–Kier alpha value is -3.41. The van der Waals surface area contributed by atoms with Gasteiger partial charge in [-0.1, -0.05) is 60.7 Å². The van der Waals surface area contributed by atoms with Crippen LogP contribution in [-0.2, 0) is 11.2 Å². The van der Waals surface area contributed by atoms with E-state index in [4.69, 9.17) is 0 Å². The van der Waals surface area contributed by atoms with Crippen LogP contribution >= 0.6 is 0 Å². The second kappa shape index (κ2) is 11.6. The Labute approximate surface area is 202 Å². The van der Waals surface area contributed by atoms with Crippen molar-refractivity contribution in [1.82, 2.24) is 15.3 Å². The lowest BCUT2D eigenvalue weighted by Gasteiger charge is -2.30. The molecule has 0 spiro atoms. The van der Waals surface area contributed by atoms with E-state index in [0.717, 1.165) is 43.6 Å². The number of aromatic nitrogens is 2. The fourth-order valence-electron chi connectivity index (χ4n) is 4.63. The van der Waals surface area contributed by atoms with Gasteiger partial charge in [0.05, 0.1) is 5.92 Å². The van der Waals surface area contributed by atoms with E-state index in [1.54, 1.807) is 6.20 Å². The van der Waals surface area contributed by atoms with Gasteiger partial charge in [-0.05, 0) is 55.2 Å². The minimum atomic E-state index is -0.178. The van der Waals surface area contributed by atoms with Crippen molar-refractivity contribution >= 4 is 17.7 Å². The summed E-state index contributed by atoms with van der Waals surface area (Å²) < 4.78 is 0. The number of hydrogen-bond donors (Lipinski definition) is 2. The molecule has 6 nitrogen and oxygen atoms in total. The van der Waals surface area contributed by atoms with Crippen molar-refractivity contribution in [3.63, 3.8) is 0 Å². The quantitative estimate of drug-likeness (QED) is 0.489. The van der Waals surface area contributed by atoms with Crippen LogP contribution in [0.5, 0.6) is 0 Å². The SMILES string of the molecule is CN(C)c1ccnc(NC2CCC(CNC(=O)C(Cc3ccccc3)c3ccccc3)CC2)n1. The van der Waals surface area contributed by atoms with Crippen molar-refractivity contribution in [3.05, 3.63) is 84.1 Å². The molecule has 1 saturated carbocycles. The number of nitrogens with zero attached hydrogens (tertiary/aromatic N) is 3. The minimum absolute atomic E-state index is 0.115. The lowest BCUT2D eigenvalue weighted by atomic mass is 9.85. The average Bonchev–Trinajstić information content (AvgIpc) is 2.88. The van der Waals surface area contributed by atoms with Crippen molar-refractivity contribution in [1.29, 1.82) is 0 Å². The van der Waals surface area contributed by atoms with Crippen LogP contribution in [0.2, 0.25) is 0 Å². The van der Waals surface area contributed by atoms with E-state index < -0.39 is 0 Å². The maximum absolute atomic E-state index is 13.2. The maximum Gasteiger partial charge on any atom is 0.227 e. The van der Waals surface area contributed by atoms with Gasteiger partial charge in [0.1, 0.15) is 5.82 Å². The second-order valence-corrected chi connectivity index (χ2v) is 9.39. The summed E-state index contributed by atoms with van der Waals surface area (Å²) in [4.78, 5) is 24.2. The van der Waals surface area contributed by atoms with Crippen LogP contribution in [0.3, 0.4) is 0 Å². The van der Waals surface area contributed by atoms with E-state index in [1.807, 2.05) is 61.5 Å². The van der Waals surface area contributed by atoms with Crippen molar-refractivity contribution in [2.24, 2.45) is 5.92 Å². The molecule has 178 valence electrons. The minimum Gasteiger partial charge on any atom is -0.363 e. The number of anilines is 2. The highest BCUT2D eigenvalue weighted by molar-refractivity contribution is 5.84. The van der Waals surface area contributed by atoms with Crippen LogP contribution in [0.1, 0.15) is 42.7 Å². The van der Waals surface area contributed by atoms with Gasteiger partial charge in [-0.2, -0.15) is 4.98 Å². The summed E-state index contributed by atoms with van der Waals surface area (Å²) >= 11 is 0. The lowest BCUT2D eigenvalue weighted by Crippen LogP contribution is -2.37. The number of nitrogens with one attached hydrogen (secondary N) is 2. The summed E-state index contributed by atoms with van der Waals surface area (Å²) in [5.41, 5.74) is 2.25. The van der Waals surface area contributed by atoms with Crippen molar-refractivity contribution in [2.75, 3.05) is 30.9 Å². The van der Waals surface area contributed by atoms with Gasteiger partial charge in [-0.3, -0.25) is 4.79 Å². The van der Waals surface area contributed by atoms with Crippen LogP contribution in [0, 0.1) is 5.92 Å². The topological polar surface area (TPSA) is 70.2 Å². The van der Waals surface area contributed by atoms with Gasteiger partial charge >= 0.3 is 0 Å². The standard InChI is InChI=1S/C28H35N5O/c1-33(2)26-17-18-29-28(32-26)31-24-15-13-22(14-16-24)20-30-27(34)25(23-11-7-4-8-12-23)19-21-9-5-3-6-10-21/h3-12,17-18,22,24-25H,13-16,19-20H2,1-2H3,(H,30,34)(H,29,31,32). The molecule has 0 aliphatic heterocycles. The molecule has 1 aliphatic rings. The molecule has 1 heterocycles.